The van der Waals surface area contributed by atoms with Crippen molar-refractivity contribution in [3.63, 3.8) is 0 Å². The lowest BCUT2D eigenvalue weighted by atomic mass is 9.96. The number of rotatable bonds is 5. The van der Waals surface area contributed by atoms with E-state index in [9.17, 15) is 9.59 Å². The molecule has 0 spiro atoms. The van der Waals surface area contributed by atoms with Crippen LogP contribution in [0.4, 0.5) is 0 Å². The van der Waals surface area contributed by atoms with Crippen molar-refractivity contribution < 1.29 is 13.9 Å². The van der Waals surface area contributed by atoms with Crippen molar-refractivity contribution in [3.05, 3.63) is 114 Å². The zero-order chi connectivity index (χ0) is 24.5. The van der Waals surface area contributed by atoms with E-state index in [4.69, 9.17) is 20.8 Å². The van der Waals surface area contributed by atoms with Crippen LogP contribution in [-0.4, -0.2) is 17.1 Å². The molecule has 0 N–H and O–H groups in total. The van der Waals surface area contributed by atoms with Gasteiger partial charge in [0.05, 0.1) is 33.5 Å². The van der Waals surface area contributed by atoms with Gasteiger partial charge in [-0.3, -0.25) is 9.36 Å². The Bertz CT molecular complexity index is 1630. The first-order chi connectivity index (χ1) is 17.0. The Morgan fingerprint density at radius 2 is 1.89 bits per heavy atom. The number of benzene rings is 2. The van der Waals surface area contributed by atoms with Gasteiger partial charge < -0.3 is 9.15 Å². The molecule has 0 unspecified atom stereocenters. The maximum atomic E-state index is 13.6. The number of thiazole rings is 1. The summed E-state index contributed by atoms with van der Waals surface area (Å²) in [7, 11) is 0. The van der Waals surface area contributed by atoms with Crippen LogP contribution in [0.1, 0.15) is 31.2 Å². The number of carbonyl (C=O) groups excluding carboxylic acids is 1. The van der Waals surface area contributed by atoms with E-state index in [0.29, 0.717) is 37.1 Å². The molecule has 5 rings (SSSR count). The number of nitrogens with zero attached hydrogens (tertiary/aromatic N) is 2. The topological polar surface area (TPSA) is 73.8 Å². The molecule has 0 aliphatic carbocycles. The van der Waals surface area contributed by atoms with Crippen LogP contribution in [0.5, 0.6) is 0 Å². The van der Waals surface area contributed by atoms with Crippen LogP contribution in [0.2, 0.25) is 5.02 Å². The Labute approximate surface area is 210 Å². The van der Waals surface area contributed by atoms with Crippen molar-refractivity contribution in [2.75, 3.05) is 6.61 Å². The molecule has 1 aliphatic heterocycles. The van der Waals surface area contributed by atoms with E-state index in [1.807, 2.05) is 54.6 Å². The van der Waals surface area contributed by atoms with E-state index in [1.54, 1.807) is 36.6 Å². The van der Waals surface area contributed by atoms with Crippen molar-refractivity contribution in [3.8, 4) is 11.3 Å². The highest BCUT2D eigenvalue weighted by molar-refractivity contribution is 7.07. The molecule has 6 nitrogen and oxygen atoms in total. The lowest BCUT2D eigenvalue weighted by molar-refractivity contribution is -0.139. The molecule has 176 valence electrons. The Balaban J connectivity index is 1.64. The highest BCUT2D eigenvalue weighted by Crippen LogP contribution is 2.31. The van der Waals surface area contributed by atoms with Crippen LogP contribution in [-0.2, 0) is 9.53 Å². The Hall–Kier alpha value is -3.68. The van der Waals surface area contributed by atoms with E-state index in [-0.39, 0.29) is 12.2 Å². The molecule has 0 fully saturated rings. The highest BCUT2D eigenvalue weighted by Gasteiger charge is 2.33. The SMILES string of the molecule is CCOC(=O)C1=C(C)N=c2s/c(=C/c3ccc(-c4ccccc4Cl)o3)c(=O)n2[C@H]1c1ccccc1. The zero-order valence-corrected chi connectivity index (χ0v) is 20.6. The van der Waals surface area contributed by atoms with Gasteiger partial charge in [0.15, 0.2) is 4.80 Å². The molecule has 2 aromatic heterocycles. The molecule has 8 heteroatoms. The first-order valence-electron chi connectivity index (χ1n) is 11.1. The van der Waals surface area contributed by atoms with Gasteiger partial charge in [0, 0.05) is 11.6 Å². The molecule has 0 saturated heterocycles. The summed E-state index contributed by atoms with van der Waals surface area (Å²) in [6.07, 6.45) is 1.69. The molecule has 1 aliphatic rings. The summed E-state index contributed by atoms with van der Waals surface area (Å²) < 4.78 is 13.3. The van der Waals surface area contributed by atoms with Crippen LogP contribution in [0.25, 0.3) is 17.4 Å². The third kappa shape index (κ3) is 4.29. The Morgan fingerprint density at radius 3 is 2.63 bits per heavy atom. The van der Waals surface area contributed by atoms with E-state index < -0.39 is 12.0 Å². The van der Waals surface area contributed by atoms with Gasteiger partial charge in [-0.15, -0.1) is 0 Å². The number of esters is 1. The van der Waals surface area contributed by atoms with Crippen LogP contribution in [0.3, 0.4) is 0 Å². The minimum atomic E-state index is -0.635. The normalized spacial score (nSPS) is 15.6. The third-order valence-corrected chi connectivity index (χ3v) is 6.98. The first kappa shape index (κ1) is 23.1. The summed E-state index contributed by atoms with van der Waals surface area (Å²) in [6, 6.07) is 19.8. The molecule has 0 bridgehead atoms. The number of fused-ring (bicyclic) bond motifs is 1. The number of ether oxygens (including phenoxy) is 1. The number of furan rings is 1. The highest BCUT2D eigenvalue weighted by atomic mass is 35.5. The number of hydrogen-bond acceptors (Lipinski definition) is 6. The molecule has 35 heavy (non-hydrogen) atoms. The monoisotopic (exact) mass is 504 g/mol. The minimum absolute atomic E-state index is 0.230. The number of allylic oxidation sites excluding steroid dienone is 1. The molecule has 4 aromatic rings. The smallest absolute Gasteiger partial charge is 0.338 e. The van der Waals surface area contributed by atoms with Gasteiger partial charge in [0.1, 0.15) is 11.5 Å². The fraction of sp³-hybridized carbons (Fsp3) is 0.148. The molecule has 0 radical (unpaired) electrons. The average Bonchev–Trinajstić information content (AvgIpc) is 3.43. The summed E-state index contributed by atoms with van der Waals surface area (Å²) in [6.45, 7) is 3.75. The van der Waals surface area contributed by atoms with E-state index in [1.165, 1.54) is 11.3 Å². The lowest BCUT2D eigenvalue weighted by Crippen LogP contribution is -2.39. The summed E-state index contributed by atoms with van der Waals surface area (Å²) in [4.78, 5) is 31.6. The third-order valence-electron chi connectivity index (χ3n) is 5.67. The first-order valence-corrected chi connectivity index (χ1v) is 12.3. The molecule has 3 heterocycles. The van der Waals surface area contributed by atoms with Crippen LogP contribution >= 0.6 is 22.9 Å². The molecule has 0 saturated carbocycles. The fourth-order valence-corrected chi connectivity index (χ4v) is 5.36. The van der Waals surface area contributed by atoms with Gasteiger partial charge in [-0.25, -0.2) is 9.79 Å². The van der Waals surface area contributed by atoms with Gasteiger partial charge in [-0.2, -0.15) is 0 Å². The second-order valence-corrected chi connectivity index (χ2v) is 9.31. The lowest BCUT2D eigenvalue weighted by Gasteiger charge is -2.24. The predicted molar refractivity (Wildman–Crippen MR) is 136 cm³/mol. The largest absolute Gasteiger partial charge is 0.463 e. The molecular weight excluding hydrogens is 484 g/mol. The van der Waals surface area contributed by atoms with Crippen molar-refractivity contribution in [2.24, 2.45) is 4.99 Å². The summed E-state index contributed by atoms with van der Waals surface area (Å²) in [5.74, 6) is 0.646. The average molecular weight is 505 g/mol. The van der Waals surface area contributed by atoms with Crippen molar-refractivity contribution >= 4 is 35.0 Å². The van der Waals surface area contributed by atoms with E-state index in [0.717, 1.165) is 11.1 Å². The second kappa shape index (κ2) is 9.52. The maximum Gasteiger partial charge on any atom is 0.338 e. The second-order valence-electron chi connectivity index (χ2n) is 7.89. The molecule has 2 aromatic carbocycles. The van der Waals surface area contributed by atoms with Gasteiger partial charge in [-0.05, 0) is 43.7 Å². The molecule has 0 amide bonds. The Morgan fingerprint density at radius 1 is 1.14 bits per heavy atom. The van der Waals surface area contributed by atoms with Gasteiger partial charge >= 0.3 is 5.97 Å². The maximum absolute atomic E-state index is 13.6. The zero-order valence-electron chi connectivity index (χ0n) is 19.0. The molecule has 1 atom stereocenters. The predicted octanol–water partition coefficient (Wildman–Crippen LogP) is 4.71. The van der Waals surface area contributed by atoms with Gasteiger partial charge in [-0.1, -0.05) is 65.4 Å². The Kier molecular flexibility index (Phi) is 6.28. The van der Waals surface area contributed by atoms with Crippen LogP contribution in [0, 0.1) is 0 Å². The summed E-state index contributed by atoms with van der Waals surface area (Å²) >= 11 is 7.55. The number of carbonyl (C=O) groups is 1. The van der Waals surface area contributed by atoms with Crippen LogP contribution in [0.15, 0.2) is 92.2 Å². The quantitative estimate of drug-likeness (QED) is 0.369. The van der Waals surface area contributed by atoms with E-state index in [2.05, 4.69) is 4.99 Å². The minimum Gasteiger partial charge on any atom is -0.463 e. The van der Waals surface area contributed by atoms with Gasteiger partial charge in [0.25, 0.3) is 5.56 Å². The van der Waals surface area contributed by atoms with Crippen LogP contribution < -0.4 is 14.9 Å². The van der Waals surface area contributed by atoms with E-state index >= 15 is 0 Å². The number of aromatic nitrogens is 1. The van der Waals surface area contributed by atoms with Gasteiger partial charge in [0.2, 0.25) is 0 Å². The fourth-order valence-electron chi connectivity index (χ4n) is 4.11. The van der Waals surface area contributed by atoms with Crippen molar-refractivity contribution in [1.82, 2.24) is 4.57 Å². The van der Waals surface area contributed by atoms with Crippen molar-refractivity contribution in [1.29, 1.82) is 0 Å². The summed E-state index contributed by atoms with van der Waals surface area (Å²) in [5, 5.41) is 0.581. The molecular formula is C27H21ClN2O4S. The number of halogens is 1. The standard InChI is InChI=1S/C27H21ClN2O4S/c1-3-33-26(32)23-16(2)29-27-30(24(23)17-9-5-4-6-10-17)25(31)22(35-27)15-18-13-14-21(34-18)19-11-7-8-12-20(19)28/h4-15,24H,3H2,1-2H3/b22-15+/t24-/m0/s1. The summed E-state index contributed by atoms with van der Waals surface area (Å²) in [5.41, 5.74) is 2.21. The number of hydrogen-bond donors (Lipinski definition) is 0. The van der Waals surface area contributed by atoms with Crippen molar-refractivity contribution in [2.45, 2.75) is 19.9 Å².